The van der Waals surface area contributed by atoms with E-state index in [2.05, 4.69) is 169 Å². The van der Waals surface area contributed by atoms with Crippen LogP contribution >= 0.6 is 11.3 Å². The molecule has 0 saturated carbocycles. The quantitative estimate of drug-likeness (QED) is 0.169. The van der Waals surface area contributed by atoms with Gasteiger partial charge in [0, 0.05) is 64.8 Å². The number of benzene rings is 8. The van der Waals surface area contributed by atoms with Crippen LogP contribution in [-0.4, -0.2) is 15.0 Å². The van der Waals surface area contributed by atoms with Gasteiger partial charge in [-0.15, -0.1) is 11.3 Å². The van der Waals surface area contributed by atoms with Crippen LogP contribution in [0.2, 0.25) is 0 Å². The molecule has 4 aromatic heterocycles. The fourth-order valence-electron chi connectivity index (χ4n) is 8.64. The van der Waals surface area contributed by atoms with Gasteiger partial charge in [0.2, 0.25) is 0 Å². The molecule has 280 valence electrons. The molecule has 0 N–H and O–H groups in total. The summed E-state index contributed by atoms with van der Waals surface area (Å²) in [5.74, 6) is 0.678. The topological polar surface area (TPSA) is 51.8 Å². The minimum Gasteiger partial charge on any atom is -0.455 e. The highest BCUT2D eigenvalue weighted by molar-refractivity contribution is 7.25. The Hall–Kier alpha value is -7.73. The van der Waals surface area contributed by atoms with Crippen LogP contribution in [0.15, 0.2) is 205 Å². The first-order chi connectivity index (χ1) is 29.7. The number of nitrogens with zero attached hydrogens (tertiary/aromatic N) is 3. The summed E-state index contributed by atoms with van der Waals surface area (Å²) in [5.41, 5.74) is 14.2. The van der Waals surface area contributed by atoms with Gasteiger partial charge in [0.15, 0.2) is 5.82 Å². The second-order valence-corrected chi connectivity index (χ2v) is 16.2. The Bertz CT molecular complexity index is 3580. The fourth-order valence-corrected chi connectivity index (χ4v) is 9.72. The molecule has 0 amide bonds. The third kappa shape index (κ3) is 5.78. The predicted molar refractivity (Wildman–Crippen MR) is 250 cm³/mol. The van der Waals surface area contributed by atoms with E-state index in [9.17, 15) is 0 Å². The molecule has 0 spiro atoms. The molecule has 0 fully saturated rings. The van der Waals surface area contributed by atoms with E-state index in [-0.39, 0.29) is 0 Å². The maximum Gasteiger partial charge on any atom is 0.160 e. The Morgan fingerprint density at radius 3 is 1.80 bits per heavy atom. The lowest BCUT2D eigenvalue weighted by atomic mass is 9.93. The molecule has 4 nitrogen and oxygen atoms in total. The molecule has 4 heterocycles. The van der Waals surface area contributed by atoms with Gasteiger partial charge in [-0.25, -0.2) is 9.97 Å². The van der Waals surface area contributed by atoms with Crippen molar-refractivity contribution in [1.29, 1.82) is 0 Å². The van der Waals surface area contributed by atoms with Gasteiger partial charge in [0.05, 0.1) is 16.9 Å². The second kappa shape index (κ2) is 14.0. The van der Waals surface area contributed by atoms with Crippen molar-refractivity contribution in [3.63, 3.8) is 0 Å². The van der Waals surface area contributed by atoms with E-state index in [0.717, 1.165) is 94.3 Å². The molecule has 0 aliphatic rings. The molecule has 60 heavy (non-hydrogen) atoms. The molecule has 12 aromatic rings. The lowest BCUT2D eigenvalue weighted by molar-refractivity contribution is 0.670. The monoisotopic (exact) mass is 783 g/mol. The predicted octanol–water partition coefficient (Wildman–Crippen LogP) is 15.3. The summed E-state index contributed by atoms with van der Waals surface area (Å²) < 4.78 is 9.31. The van der Waals surface area contributed by atoms with Gasteiger partial charge in [-0.3, -0.25) is 4.98 Å². The van der Waals surface area contributed by atoms with E-state index in [1.54, 1.807) is 0 Å². The summed E-state index contributed by atoms with van der Waals surface area (Å²) in [4.78, 5) is 14.8. The molecular weight excluding hydrogens is 751 g/mol. The van der Waals surface area contributed by atoms with Crippen LogP contribution in [-0.2, 0) is 0 Å². The highest BCUT2D eigenvalue weighted by Crippen LogP contribution is 2.44. The molecule has 12 rings (SSSR count). The van der Waals surface area contributed by atoms with Crippen LogP contribution in [0.5, 0.6) is 0 Å². The van der Waals surface area contributed by atoms with Gasteiger partial charge >= 0.3 is 0 Å². The molecule has 0 bridgehead atoms. The van der Waals surface area contributed by atoms with E-state index in [0.29, 0.717) is 5.82 Å². The first-order valence-corrected chi connectivity index (χ1v) is 20.9. The summed E-state index contributed by atoms with van der Waals surface area (Å²) in [5, 5.41) is 5.91. The highest BCUT2D eigenvalue weighted by atomic mass is 32.1. The van der Waals surface area contributed by atoms with E-state index in [1.165, 1.54) is 20.2 Å². The van der Waals surface area contributed by atoms with Crippen LogP contribution in [0, 0.1) is 0 Å². The maximum absolute atomic E-state index is 6.72. The van der Waals surface area contributed by atoms with Crippen LogP contribution < -0.4 is 0 Å². The standard InChI is InChI=1S/C55H33N3OS/c1-2-10-36(11-3-1)48-33-49(58-55(57-48)38-24-20-34(21-25-38)40-30-31-56-47-15-7-4-12-43(40)47)37-22-18-35(19-23-37)41-27-28-42(54-53(41)45-14-5-8-16-50(45)59-54)39-26-29-52-46(32-39)44-13-6-9-17-51(44)60-52/h1-33H. The molecule has 5 heteroatoms. The molecule has 8 aromatic carbocycles. The third-order valence-corrected chi connectivity index (χ3v) is 12.8. The molecule has 0 aliphatic heterocycles. The van der Waals surface area contributed by atoms with Gasteiger partial charge in [-0.1, -0.05) is 146 Å². The van der Waals surface area contributed by atoms with Gasteiger partial charge in [0.1, 0.15) is 11.2 Å². The summed E-state index contributed by atoms with van der Waals surface area (Å²) >= 11 is 1.84. The number of hydrogen-bond donors (Lipinski definition) is 0. The van der Waals surface area contributed by atoms with Crippen molar-refractivity contribution in [3.8, 4) is 67.3 Å². The zero-order valence-corrected chi connectivity index (χ0v) is 33.0. The number of para-hydroxylation sites is 2. The second-order valence-electron chi connectivity index (χ2n) is 15.1. The van der Waals surface area contributed by atoms with Gasteiger partial charge in [-0.2, -0.15) is 0 Å². The highest BCUT2D eigenvalue weighted by Gasteiger charge is 2.19. The lowest BCUT2D eigenvalue weighted by Crippen LogP contribution is -1.96. The molecule has 0 atom stereocenters. The molecule has 0 radical (unpaired) electrons. The lowest BCUT2D eigenvalue weighted by Gasteiger charge is -2.12. The van der Waals surface area contributed by atoms with E-state index in [1.807, 2.05) is 47.9 Å². The molecule has 0 saturated heterocycles. The zero-order valence-electron chi connectivity index (χ0n) is 32.2. The number of fused-ring (bicyclic) bond motifs is 7. The number of rotatable bonds is 6. The maximum atomic E-state index is 6.72. The molecule has 0 aliphatic carbocycles. The Balaban J connectivity index is 0.943. The minimum absolute atomic E-state index is 0.678. The largest absolute Gasteiger partial charge is 0.455 e. The van der Waals surface area contributed by atoms with Gasteiger partial charge in [-0.05, 0) is 76.3 Å². The van der Waals surface area contributed by atoms with E-state index >= 15 is 0 Å². The van der Waals surface area contributed by atoms with Crippen molar-refractivity contribution in [3.05, 3.63) is 200 Å². The first kappa shape index (κ1) is 34.3. The summed E-state index contributed by atoms with van der Waals surface area (Å²) in [7, 11) is 0. The molecule has 0 unspecified atom stereocenters. The Kier molecular flexibility index (Phi) is 8.00. The van der Waals surface area contributed by atoms with Crippen molar-refractivity contribution in [2.24, 2.45) is 0 Å². The number of furan rings is 1. The third-order valence-electron chi connectivity index (χ3n) is 11.6. The number of hydrogen-bond acceptors (Lipinski definition) is 5. The number of aromatic nitrogens is 3. The number of pyridine rings is 1. The number of thiophene rings is 1. The van der Waals surface area contributed by atoms with Crippen molar-refractivity contribution >= 4 is 64.4 Å². The Labute approximate surface area is 349 Å². The van der Waals surface area contributed by atoms with Crippen molar-refractivity contribution in [2.45, 2.75) is 0 Å². The Morgan fingerprint density at radius 1 is 0.383 bits per heavy atom. The van der Waals surface area contributed by atoms with Crippen molar-refractivity contribution in [1.82, 2.24) is 15.0 Å². The summed E-state index contributed by atoms with van der Waals surface area (Å²) in [6.45, 7) is 0. The molecular formula is C55H33N3OS. The van der Waals surface area contributed by atoms with Gasteiger partial charge < -0.3 is 4.42 Å². The fraction of sp³-hybridized carbons (Fsp3) is 0. The summed E-state index contributed by atoms with van der Waals surface area (Å²) in [6.07, 6.45) is 1.87. The summed E-state index contributed by atoms with van der Waals surface area (Å²) in [6, 6.07) is 68.3. The van der Waals surface area contributed by atoms with Crippen LogP contribution in [0.4, 0.5) is 0 Å². The van der Waals surface area contributed by atoms with E-state index < -0.39 is 0 Å². The first-order valence-electron chi connectivity index (χ1n) is 20.1. The van der Waals surface area contributed by atoms with Crippen LogP contribution in [0.25, 0.3) is 120 Å². The average molecular weight is 784 g/mol. The SMILES string of the molecule is c1ccc(-c2cc(-c3ccc(-c4ccc(-c5ccc6sc7ccccc7c6c5)c5oc6ccccc6c45)cc3)nc(-c3ccc(-c4ccnc5ccccc45)cc3)n2)cc1. The van der Waals surface area contributed by atoms with Crippen molar-refractivity contribution in [2.75, 3.05) is 0 Å². The Morgan fingerprint density at radius 2 is 0.983 bits per heavy atom. The minimum atomic E-state index is 0.678. The zero-order chi connectivity index (χ0) is 39.6. The van der Waals surface area contributed by atoms with Crippen LogP contribution in [0.1, 0.15) is 0 Å². The van der Waals surface area contributed by atoms with Crippen LogP contribution in [0.3, 0.4) is 0 Å². The van der Waals surface area contributed by atoms with Gasteiger partial charge in [0.25, 0.3) is 0 Å². The van der Waals surface area contributed by atoms with E-state index in [4.69, 9.17) is 14.4 Å². The smallest absolute Gasteiger partial charge is 0.160 e. The van der Waals surface area contributed by atoms with Crippen molar-refractivity contribution < 1.29 is 4.42 Å². The normalized spacial score (nSPS) is 11.7. The average Bonchev–Trinajstić information content (AvgIpc) is 3.90.